The Hall–Kier alpha value is -3.06. The van der Waals surface area contributed by atoms with Gasteiger partial charge in [-0.1, -0.05) is 23.4 Å². The molecule has 5 rings (SSSR count). The average molecular weight is 421 g/mol. The maximum Gasteiger partial charge on any atom is 0.224 e. The van der Waals surface area contributed by atoms with Gasteiger partial charge in [0.15, 0.2) is 11.4 Å². The molecule has 0 unspecified atom stereocenters. The van der Waals surface area contributed by atoms with E-state index in [4.69, 9.17) is 9.26 Å². The van der Waals surface area contributed by atoms with Gasteiger partial charge in [-0.05, 0) is 49.6 Å². The van der Waals surface area contributed by atoms with Gasteiger partial charge in [-0.2, -0.15) is 0 Å². The van der Waals surface area contributed by atoms with Gasteiger partial charge in [-0.15, -0.1) is 0 Å². The molecule has 31 heavy (non-hydrogen) atoms. The maximum atomic E-state index is 11.6. The Bertz CT molecular complexity index is 1060. The molecular formula is C24H28N4O3. The van der Waals surface area contributed by atoms with Crippen LogP contribution >= 0.6 is 0 Å². The number of carbonyl (C=O) groups excluding carboxylic acids is 1. The second-order valence-electron chi connectivity index (χ2n) is 8.25. The number of nitrogens with zero attached hydrogens (tertiary/aromatic N) is 3. The van der Waals surface area contributed by atoms with E-state index in [1.54, 1.807) is 0 Å². The second-order valence-corrected chi connectivity index (χ2v) is 8.25. The van der Waals surface area contributed by atoms with Crippen LogP contribution in [0.15, 0.2) is 47.0 Å². The van der Waals surface area contributed by atoms with E-state index in [1.807, 2.05) is 30.3 Å². The molecule has 7 nitrogen and oxygen atoms in total. The Labute approximate surface area is 181 Å². The Morgan fingerprint density at radius 1 is 1.03 bits per heavy atom. The molecule has 3 heterocycles. The Morgan fingerprint density at radius 3 is 2.81 bits per heavy atom. The smallest absolute Gasteiger partial charge is 0.224 e. The molecule has 1 N–H and O–H groups in total. The van der Waals surface area contributed by atoms with E-state index in [2.05, 4.69) is 32.4 Å². The summed E-state index contributed by atoms with van der Waals surface area (Å²) in [7, 11) is 0. The molecule has 0 bridgehead atoms. The number of unbranched alkanes of at least 4 members (excludes halogenated alkanes) is 1. The summed E-state index contributed by atoms with van der Waals surface area (Å²) in [5, 5.41) is 8.30. The van der Waals surface area contributed by atoms with Gasteiger partial charge >= 0.3 is 0 Å². The van der Waals surface area contributed by atoms with Crippen molar-refractivity contribution in [3.05, 3.63) is 48.0 Å². The lowest BCUT2D eigenvalue weighted by molar-refractivity contribution is -0.116. The van der Waals surface area contributed by atoms with Gasteiger partial charge in [-0.25, -0.2) is 0 Å². The largest absolute Gasteiger partial charge is 0.494 e. The minimum absolute atomic E-state index is 0.0847. The Kier molecular flexibility index (Phi) is 5.76. The van der Waals surface area contributed by atoms with Crippen molar-refractivity contribution in [2.75, 3.05) is 49.5 Å². The molecular weight excluding hydrogens is 392 g/mol. The van der Waals surface area contributed by atoms with Crippen molar-refractivity contribution in [3.8, 4) is 5.75 Å². The molecule has 1 aromatic heterocycles. The normalized spacial score (nSPS) is 16.9. The minimum Gasteiger partial charge on any atom is -0.494 e. The number of hydrogen-bond donors (Lipinski definition) is 1. The topological polar surface area (TPSA) is 70.8 Å². The van der Waals surface area contributed by atoms with Crippen LogP contribution in [0.1, 0.15) is 24.8 Å². The maximum absolute atomic E-state index is 11.6. The number of piperazine rings is 1. The molecule has 0 saturated carbocycles. The SMILES string of the molecule is O=C1CCc2ccc(OCCCCN3CCN(c4noc5ccccc45)CC3)cc2N1. The van der Waals surface area contributed by atoms with Gasteiger partial charge in [-0.3, -0.25) is 9.69 Å². The first-order chi connectivity index (χ1) is 15.3. The fourth-order valence-corrected chi connectivity index (χ4v) is 4.35. The summed E-state index contributed by atoms with van der Waals surface area (Å²) >= 11 is 0. The van der Waals surface area contributed by atoms with Crippen LogP contribution in [0.25, 0.3) is 11.0 Å². The molecule has 2 aliphatic heterocycles. The van der Waals surface area contributed by atoms with Crippen molar-refractivity contribution in [2.24, 2.45) is 0 Å². The number of nitrogens with one attached hydrogen (secondary N) is 1. The van der Waals surface area contributed by atoms with Crippen LogP contribution in [0.3, 0.4) is 0 Å². The van der Waals surface area contributed by atoms with Crippen molar-refractivity contribution in [3.63, 3.8) is 0 Å². The van der Waals surface area contributed by atoms with Gasteiger partial charge < -0.3 is 19.5 Å². The van der Waals surface area contributed by atoms with E-state index in [0.717, 1.165) is 80.2 Å². The number of aryl methyl sites for hydroxylation is 1. The number of anilines is 2. The molecule has 0 radical (unpaired) electrons. The minimum atomic E-state index is 0.0847. The van der Waals surface area contributed by atoms with Gasteiger partial charge in [0.25, 0.3) is 0 Å². The zero-order valence-electron chi connectivity index (χ0n) is 17.7. The molecule has 1 saturated heterocycles. The van der Waals surface area contributed by atoms with Gasteiger partial charge in [0.05, 0.1) is 12.0 Å². The van der Waals surface area contributed by atoms with Crippen LogP contribution in [-0.4, -0.2) is 55.3 Å². The number of rotatable bonds is 7. The predicted molar refractivity (Wildman–Crippen MR) is 121 cm³/mol. The third kappa shape index (κ3) is 4.51. The Balaban J connectivity index is 1.03. The number of ether oxygens (including phenoxy) is 1. The lowest BCUT2D eigenvalue weighted by atomic mass is 10.0. The summed E-state index contributed by atoms with van der Waals surface area (Å²) in [4.78, 5) is 16.4. The third-order valence-corrected chi connectivity index (χ3v) is 6.14. The lowest BCUT2D eigenvalue weighted by Gasteiger charge is -2.34. The van der Waals surface area contributed by atoms with Crippen molar-refractivity contribution in [1.82, 2.24) is 10.1 Å². The van der Waals surface area contributed by atoms with Crippen molar-refractivity contribution >= 4 is 28.4 Å². The van der Waals surface area contributed by atoms with E-state index in [9.17, 15) is 4.79 Å². The van der Waals surface area contributed by atoms with Crippen LogP contribution in [-0.2, 0) is 11.2 Å². The highest BCUT2D eigenvalue weighted by molar-refractivity contribution is 5.94. The zero-order valence-corrected chi connectivity index (χ0v) is 17.7. The van der Waals surface area contributed by atoms with E-state index >= 15 is 0 Å². The van der Waals surface area contributed by atoms with E-state index in [-0.39, 0.29) is 5.91 Å². The van der Waals surface area contributed by atoms with E-state index in [0.29, 0.717) is 13.0 Å². The molecule has 3 aromatic rings. The molecule has 162 valence electrons. The lowest BCUT2D eigenvalue weighted by Crippen LogP contribution is -2.46. The highest BCUT2D eigenvalue weighted by atomic mass is 16.5. The molecule has 1 amide bonds. The number of hydrogen-bond acceptors (Lipinski definition) is 6. The summed E-state index contributed by atoms with van der Waals surface area (Å²) in [6.07, 6.45) is 3.49. The fourth-order valence-electron chi connectivity index (χ4n) is 4.35. The average Bonchev–Trinajstić information content (AvgIpc) is 3.23. The van der Waals surface area contributed by atoms with Gasteiger partial charge in [0, 0.05) is 44.4 Å². The summed E-state index contributed by atoms with van der Waals surface area (Å²) < 4.78 is 11.4. The highest BCUT2D eigenvalue weighted by Gasteiger charge is 2.21. The first kappa shape index (κ1) is 19.9. The van der Waals surface area contributed by atoms with Crippen molar-refractivity contribution in [1.29, 1.82) is 0 Å². The number of amides is 1. The van der Waals surface area contributed by atoms with Gasteiger partial charge in [0.2, 0.25) is 5.91 Å². The second kappa shape index (κ2) is 8.98. The molecule has 0 aliphatic carbocycles. The van der Waals surface area contributed by atoms with Gasteiger partial charge in [0.1, 0.15) is 5.75 Å². The summed E-state index contributed by atoms with van der Waals surface area (Å²) in [6.45, 7) is 5.77. The van der Waals surface area contributed by atoms with Crippen LogP contribution in [0.4, 0.5) is 11.5 Å². The molecule has 2 aromatic carbocycles. The molecule has 0 atom stereocenters. The fraction of sp³-hybridized carbons (Fsp3) is 0.417. The summed E-state index contributed by atoms with van der Waals surface area (Å²) in [5.41, 5.74) is 2.93. The number of carbonyl (C=O) groups is 1. The quantitative estimate of drug-likeness (QED) is 0.588. The monoisotopic (exact) mass is 420 g/mol. The van der Waals surface area contributed by atoms with E-state index < -0.39 is 0 Å². The standard InChI is InChI=1S/C24H28N4O3/c29-23-10-8-18-7-9-19(17-21(18)25-23)30-16-4-3-11-27-12-14-28(15-13-27)24-20-5-1-2-6-22(20)31-26-24/h1-2,5-7,9,17H,3-4,8,10-16H2,(H,25,29). The highest BCUT2D eigenvalue weighted by Crippen LogP contribution is 2.28. The first-order valence-corrected chi connectivity index (χ1v) is 11.1. The predicted octanol–water partition coefficient (Wildman–Crippen LogP) is 3.69. The molecule has 2 aliphatic rings. The molecule has 1 fully saturated rings. The molecule has 7 heteroatoms. The zero-order chi connectivity index (χ0) is 21.0. The molecule has 0 spiro atoms. The van der Waals surface area contributed by atoms with Crippen molar-refractivity contribution < 1.29 is 14.1 Å². The first-order valence-electron chi connectivity index (χ1n) is 11.1. The number of para-hydroxylation sites is 1. The van der Waals surface area contributed by atoms with Crippen LogP contribution in [0.5, 0.6) is 5.75 Å². The van der Waals surface area contributed by atoms with Crippen LogP contribution < -0.4 is 15.0 Å². The third-order valence-electron chi connectivity index (χ3n) is 6.14. The summed E-state index contributed by atoms with van der Waals surface area (Å²) in [6, 6.07) is 14.0. The Morgan fingerprint density at radius 2 is 1.90 bits per heavy atom. The van der Waals surface area contributed by atoms with Crippen molar-refractivity contribution in [2.45, 2.75) is 25.7 Å². The van der Waals surface area contributed by atoms with Crippen LogP contribution in [0, 0.1) is 0 Å². The number of benzene rings is 2. The number of aromatic nitrogens is 1. The van der Waals surface area contributed by atoms with Crippen LogP contribution in [0.2, 0.25) is 0 Å². The number of fused-ring (bicyclic) bond motifs is 2. The summed E-state index contributed by atoms with van der Waals surface area (Å²) in [5.74, 6) is 1.88. The van der Waals surface area contributed by atoms with E-state index in [1.165, 1.54) is 5.56 Å².